The largest absolute Gasteiger partial charge is 0.383 e. The van der Waals surface area contributed by atoms with Crippen LogP contribution in [0.15, 0.2) is 42.9 Å². The van der Waals surface area contributed by atoms with E-state index in [-0.39, 0.29) is 5.92 Å². The monoisotopic (exact) mass is 409 g/mol. The van der Waals surface area contributed by atoms with Gasteiger partial charge in [0, 0.05) is 24.8 Å². The number of nitrogens with two attached hydrogens (primary N) is 1. The van der Waals surface area contributed by atoms with Crippen molar-refractivity contribution in [3.8, 4) is 34.8 Å². The molecule has 4 aromatic heterocycles. The Kier molecular flexibility index (Phi) is 4.19. The van der Waals surface area contributed by atoms with Crippen molar-refractivity contribution in [2.24, 2.45) is 13.0 Å². The highest BCUT2D eigenvalue weighted by Crippen LogP contribution is 2.46. The second kappa shape index (κ2) is 6.92. The van der Waals surface area contributed by atoms with Crippen LogP contribution in [-0.2, 0) is 12.6 Å². The van der Waals surface area contributed by atoms with Gasteiger partial charge in [-0.2, -0.15) is 20.7 Å². The summed E-state index contributed by atoms with van der Waals surface area (Å²) in [4.78, 5) is 9.37. The summed E-state index contributed by atoms with van der Waals surface area (Å²) in [6.07, 6.45) is 6.86. The number of nitrogen functional groups attached to an aromatic ring is 1. The number of rotatable bonds is 4. The summed E-state index contributed by atoms with van der Waals surface area (Å²) in [6, 6.07) is 12.1. The summed E-state index contributed by atoms with van der Waals surface area (Å²) in [7, 11) is 1.78. The molecule has 1 aliphatic carbocycles. The summed E-state index contributed by atoms with van der Waals surface area (Å²) in [6.45, 7) is 0. The van der Waals surface area contributed by atoms with Crippen molar-refractivity contribution in [1.82, 2.24) is 29.5 Å². The van der Waals surface area contributed by atoms with Crippen LogP contribution < -0.4 is 5.73 Å². The smallest absolute Gasteiger partial charge is 0.130 e. The summed E-state index contributed by atoms with van der Waals surface area (Å²) in [5, 5.41) is 28.4. The lowest BCUT2D eigenvalue weighted by Crippen LogP contribution is -2.46. The predicted octanol–water partition coefficient (Wildman–Crippen LogP) is 3.02. The first-order valence-corrected chi connectivity index (χ1v) is 9.91. The van der Waals surface area contributed by atoms with Crippen LogP contribution in [0.3, 0.4) is 0 Å². The van der Waals surface area contributed by atoms with E-state index in [0.29, 0.717) is 42.2 Å². The van der Waals surface area contributed by atoms with Crippen LogP contribution in [0.2, 0.25) is 0 Å². The first-order valence-electron chi connectivity index (χ1n) is 9.91. The zero-order chi connectivity index (χ0) is 21.6. The highest BCUT2D eigenvalue weighted by molar-refractivity contribution is 5.94. The fourth-order valence-corrected chi connectivity index (χ4v) is 4.28. The van der Waals surface area contributed by atoms with Crippen molar-refractivity contribution in [3.63, 3.8) is 0 Å². The molecule has 0 unspecified atom stereocenters. The normalized spacial score (nSPS) is 20.2. The maximum atomic E-state index is 9.33. The minimum atomic E-state index is -0.438. The number of hydrogen-bond donors (Lipinski definition) is 1. The first-order chi connectivity index (χ1) is 15.0. The molecule has 0 radical (unpaired) electrons. The van der Waals surface area contributed by atoms with Gasteiger partial charge in [-0.05, 0) is 37.1 Å². The van der Waals surface area contributed by atoms with Crippen LogP contribution in [-0.4, -0.2) is 29.5 Å². The van der Waals surface area contributed by atoms with E-state index in [2.05, 4.69) is 22.2 Å². The van der Waals surface area contributed by atoms with Crippen molar-refractivity contribution in [3.05, 3.63) is 42.9 Å². The topological polar surface area (TPSA) is 135 Å². The van der Waals surface area contributed by atoms with Gasteiger partial charge in [-0.15, -0.1) is 0 Å². The van der Waals surface area contributed by atoms with Crippen LogP contribution in [0.1, 0.15) is 19.3 Å². The fourth-order valence-electron chi connectivity index (χ4n) is 4.28. The molecule has 4 aromatic rings. The summed E-state index contributed by atoms with van der Waals surface area (Å²) < 4.78 is 3.43. The van der Waals surface area contributed by atoms with E-state index < -0.39 is 5.54 Å². The molecule has 0 atom stereocenters. The third-order valence-corrected chi connectivity index (χ3v) is 6.02. The minimum Gasteiger partial charge on any atom is -0.383 e. The Morgan fingerprint density at radius 2 is 2.10 bits per heavy atom. The Morgan fingerprint density at radius 1 is 1.26 bits per heavy atom. The highest BCUT2D eigenvalue weighted by Gasteiger charge is 2.46. The third kappa shape index (κ3) is 2.90. The summed E-state index contributed by atoms with van der Waals surface area (Å²) in [5.74, 6) is 0.477. The third-order valence-electron chi connectivity index (χ3n) is 6.02. The van der Waals surface area contributed by atoms with E-state index in [9.17, 15) is 10.5 Å². The number of fused-ring (bicyclic) bond motifs is 1. The number of nitrogens with zero attached hydrogens (tertiary/aromatic N) is 8. The van der Waals surface area contributed by atoms with E-state index >= 15 is 0 Å². The molecule has 0 amide bonds. The van der Waals surface area contributed by atoms with Gasteiger partial charge in [0.05, 0.1) is 53.0 Å². The van der Waals surface area contributed by atoms with Gasteiger partial charge in [-0.1, -0.05) is 0 Å². The number of pyridine rings is 2. The van der Waals surface area contributed by atoms with E-state index in [1.165, 1.54) is 0 Å². The molecule has 5 rings (SSSR count). The molecule has 4 heterocycles. The molecule has 1 aliphatic rings. The first kappa shape index (κ1) is 18.8. The second-order valence-electron chi connectivity index (χ2n) is 7.93. The molecular weight excluding hydrogens is 390 g/mol. The molecule has 152 valence electrons. The SMILES string of the molecule is Cn1ncc(-c2cc3ncccc3c(-c3ccn(C4(CC#N)CC(C#N)C4)n3)n2)c1N. The molecular formula is C22H19N9. The Bertz CT molecular complexity index is 1380. The van der Waals surface area contributed by atoms with Gasteiger partial charge in [0.2, 0.25) is 0 Å². The average Bonchev–Trinajstić information content (AvgIpc) is 3.37. The van der Waals surface area contributed by atoms with E-state index in [4.69, 9.17) is 15.8 Å². The lowest BCUT2D eigenvalue weighted by Gasteiger charge is -2.43. The fraction of sp³-hybridized carbons (Fsp3) is 0.273. The Balaban J connectivity index is 1.64. The number of nitriles is 2. The van der Waals surface area contributed by atoms with Gasteiger partial charge in [-0.25, -0.2) is 4.98 Å². The lowest BCUT2D eigenvalue weighted by atomic mass is 9.67. The van der Waals surface area contributed by atoms with Crippen molar-refractivity contribution in [2.45, 2.75) is 24.8 Å². The lowest BCUT2D eigenvalue weighted by molar-refractivity contribution is 0.0884. The highest BCUT2D eigenvalue weighted by atomic mass is 15.3. The molecule has 9 heteroatoms. The van der Waals surface area contributed by atoms with Crippen molar-refractivity contribution >= 4 is 16.7 Å². The Labute approximate surface area is 178 Å². The van der Waals surface area contributed by atoms with Gasteiger partial charge in [-0.3, -0.25) is 14.3 Å². The van der Waals surface area contributed by atoms with Crippen LogP contribution in [0.25, 0.3) is 33.5 Å². The molecule has 9 nitrogen and oxygen atoms in total. The van der Waals surface area contributed by atoms with Crippen LogP contribution >= 0.6 is 0 Å². The average molecular weight is 409 g/mol. The number of aryl methyl sites for hydroxylation is 1. The second-order valence-corrected chi connectivity index (χ2v) is 7.93. The van der Waals surface area contributed by atoms with Gasteiger partial charge in [0.1, 0.15) is 17.2 Å². The molecule has 0 aliphatic heterocycles. The molecule has 0 aromatic carbocycles. The number of anilines is 1. The molecule has 0 saturated heterocycles. The van der Waals surface area contributed by atoms with Gasteiger partial charge in [0.25, 0.3) is 0 Å². The Hall–Kier alpha value is -4.24. The van der Waals surface area contributed by atoms with Gasteiger partial charge >= 0.3 is 0 Å². The molecule has 0 spiro atoms. The quantitative estimate of drug-likeness (QED) is 0.547. The van der Waals surface area contributed by atoms with E-state index in [0.717, 1.165) is 16.5 Å². The van der Waals surface area contributed by atoms with Crippen LogP contribution in [0, 0.1) is 28.6 Å². The zero-order valence-electron chi connectivity index (χ0n) is 16.9. The molecule has 1 fully saturated rings. The maximum Gasteiger partial charge on any atom is 0.130 e. The minimum absolute atomic E-state index is 0.0407. The number of hydrogen-bond acceptors (Lipinski definition) is 7. The van der Waals surface area contributed by atoms with Gasteiger partial charge < -0.3 is 5.73 Å². The van der Waals surface area contributed by atoms with Crippen LogP contribution in [0.4, 0.5) is 5.82 Å². The maximum absolute atomic E-state index is 9.33. The molecule has 1 saturated carbocycles. The van der Waals surface area contributed by atoms with Crippen molar-refractivity contribution < 1.29 is 0 Å². The van der Waals surface area contributed by atoms with Crippen molar-refractivity contribution in [2.75, 3.05) is 5.73 Å². The summed E-state index contributed by atoms with van der Waals surface area (Å²) in [5.41, 5.74) is 9.28. The van der Waals surface area contributed by atoms with E-state index in [1.54, 1.807) is 24.1 Å². The predicted molar refractivity (Wildman–Crippen MR) is 114 cm³/mol. The number of aromatic nitrogens is 6. The molecule has 0 bridgehead atoms. The van der Waals surface area contributed by atoms with Crippen molar-refractivity contribution in [1.29, 1.82) is 10.5 Å². The molecule has 2 N–H and O–H groups in total. The Morgan fingerprint density at radius 3 is 2.81 bits per heavy atom. The summed E-state index contributed by atoms with van der Waals surface area (Å²) >= 11 is 0. The standard InChI is InChI=1S/C22H19N9/c1-30-21(25)16(13-27-30)19-9-18-15(3-2-7-26-18)20(28-19)17-4-8-31(29-17)22(5-6-23)10-14(11-22)12-24/h2-4,7-9,13-14H,5,10-11,25H2,1H3. The van der Waals surface area contributed by atoms with E-state index in [1.807, 2.05) is 35.1 Å². The molecule has 31 heavy (non-hydrogen) atoms. The zero-order valence-corrected chi connectivity index (χ0v) is 16.9. The van der Waals surface area contributed by atoms with Crippen LogP contribution in [0.5, 0.6) is 0 Å². The van der Waals surface area contributed by atoms with Gasteiger partial charge in [0.15, 0.2) is 0 Å².